The number of hydrogen-bond acceptors (Lipinski definition) is 3. The number of amides is 1. The van der Waals surface area contributed by atoms with Crippen LogP contribution in [-0.2, 0) is 4.79 Å². The van der Waals surface area contributed by atoms with Gasteiger partial charge in [0.05, 0.1) is 13.0 Å². The Morgan fingerprint density at radius 1 is 1.36 bits per heavy atom. The largest absolute Gasteiger partial charge is 0.493 e. The van der Waals surface area contributed by atoms with Crippen molar-refractivity contribution in [2.24, 2.45) is 5.92 Å². The summed E-state index contributed by atoms with van der Waals surface area (Å²) in [5.41, 5.74) is 2.47. The van der Waals surface area contributed by atoms with Crippen molar-refractivity contribution in [2.45, 2.75) is 33.1 Å². The quantitative estimate of drug-likeness (QED) is 0.878. The molecular formula is C18H28N2O2. The molecule has 0 radical (unpaired) electrons. The summed E-state index contributed by atoms with van der Waals surface area (Å²) < 4.78 is 5.72. The van der Waals surface area contributed by atoms with Crippen LogP contribution in [0.15, 0.2) is 18.2 Å². The average Bonchev–Trinajstić information content (AvgIpc) is 2.51. The number of aryl methyl sites for hydroxylation is 2. The first kappa shape index (κ1) is 16.8. The van der Waals surface area contributed by atoms with E-state index >= 15 is 0 Å². The first-order valence-electron chi connectivity index (χ1n) is 8.22. The van der Waals surface area contributed by atoms with Crippen molar-refractivity contribution in [2.75, 3.05) is 33.3 Å². The van der Waals surface area contributed by atoms with Gasteiger partial charge >= 0.3 is 0 Å². The van der Waals surface area contributed by atoms with E-state index in [1.54, 1.807) is 0 Å². The zero-order valence-corrected chi connectivity index (χ0v) is 14.0. The highest BCUT2D eigenvalue weighted by Crippen LogP contribution is 2.18. The lowest BCUT2D eigenvalue weighted by atomic mass is 9.98. The number of hydrogen-bond donors (Lipinski definition) is 1. The van der Waals surface area contributed by atoms with Gasteiger partial charge in [-0.2, -0.15) is 0 Å². The number of piperidine rings is 1. The maximum absolute atomic E-state index is 12.3. The molecule has 1 saturated heterocycles. The van der Waals surface area contributed by atoms with Gasteiger partial charge in [0.15, 0.2) is 0 Å². The van der Waals surface area contributed by atoms with Gasteiger partial charge in [-0.25, -0.2) is 0 Å². The maximum atomic E-state index is 12.3. The first-order valence-corrected chi connectivity index (χ1v) is 8.22. The number of rotatable bonds is 6. The third-order valence-corrected chi connectivity index (χ3v) is 4.43. The third kappa shape index (κ3) is 4.73. The number of carbonyl (C=O) groups excluding carboxylic acids is 1. The van der Waals surface area contributed by atoms with Crippen LogP contribution in [0.1, 0.15) is 30.4 Å². The number of nitrogens with one attached hydrogen (secondary N) is 1. The van der Waals surface area contributed by atoms with Crippen LogP contribution < -0.4 is 10.1 Å². The minimum Gasteiger partial charge on any atom is -0.493 e. The highest BCUT2D eigenvalue weighted by molar-refractivity contribution is 5.76. The Morgan fingerprint density at radius 3 is 2.91 bits per heavy atom. The molecule has 122 valence electrons. The monoisotopic (exact) mass is 304 g/mol. The Labute approximate surface area is 133 Å². The molecule has 4 heteroatoms. The Kier molecular flexibility index (Phi) is 6.25. The molecule has 2 rings (SSSR count). The summed E-state index contributed by atoms with van der Waals surface area (Å²) >= 11 is 0. The van der Waals surface area contributed by atoms with Crippen LogP contribution in [0.25, 0.3) is 0 Å². The molecule has 1 amide bonds. The molecule has 0 aromatic heterocycles. The van der Waals surface area contributed by atoms with Crippen LogP contribution in [0.4, 0.5) is 0 Å². The fourth-order valence-electron chi connectivity index (χ4n) is 2.96. The molecule has 4 nitrogen and oxygen atoms in total. The van der Waals surface area contributed by atoms with Crippen molar-refractivity contribution < 1.29 is 9.53 Å². The molecule has 1 aliphatic rings. The van der Waals surface area contributed by atoms with E-state index in [9.17, 15) is 4.79 Å². The minimum absolute atomic E-state index is 0.213. The number of likely N-dealkylation sites (tertiary alicyclic amines) is 1. The van der Waals surface area contributed by atoms with Gasteiger partial charge < -0.3 is 15.0 Å². The van der Waals surface area contributed by atoms with Gasteiger partial charge in [-0.3, -0.25) is 4.79 Å². The second-order valence-electron chi connectivity index (χ2n) is 6.25. The number of benzene rings is 1. The molecule has 1 fully saturated rings. The summed E-state index contributed by atoms with van der Waals surface area (Å²) in [6.45, 7) is 7.37. The number of ether oxygens (including phenoxy) is 1. The average molecular weight is 304 g/mol. The molecule has 1 heterocycles. The van der Waals surface area contributed by atoms with E-state index in [1.807, 2.05) is 24.1 Å². The van der Waals surface area contributed by atoms with E-state index < -0.39 is 0 Å². The van der Waals surface area contributed by atoms with Crippen molar-refractivity contribution >= 4 is 5.91 Å². The van der Waals surface area contributed by atoms with Crippen LogP contribution in [-0.4, -0.2) is 44.1 Å². The van der Waals surface area contributed by atoms with Gasteiger partial charge in [0.2, 0.25) is 5.91 Å². The van der Waals surface area contributed by atoms with E-state index in [0.717, 1.165) is 31.8 Å². The highest BCUT2D eigenvalue weighted by Gasteiger charge is 2.22. The van der Waals surface area contributed by atoms with Crippen LogP contribution in [0.2, 0.25) is 0 Å². The molecule has 0 spiro atoms. The second-order valence-corrected chi connectivity index (χ2v) is 6.25. The predicted molar refractivity (Wildman–Crippen MR) is 89.3 cm³/mol. The van der Waals surface area contributed by atoms with Crippen molar-refractivity contribution in [1.29, 1.82) is 0 Å². The zero-order valence-electron chi connectivity index (χ0n) is 14.0. The van der Waals surface area contributed by atoms with Crippen molar-refractivity contribution in [3.63, 3.8) is 0 Å². The molecule has 1 aliphatic heterocycles. The molecule has 1 aromatic carbocycles. The van der Waals surface area contributed by atoms with Gasteiger partial charge in [-0.1, -0.05) is 6.07 Å². The molecule has 0 aliphatic carbocycles. The summed E-state index contributed by atoms with van der Waals surface area (Å²) in [6.07, 6.45) is 2.78. The standard InChI is InChI=1S/C18H28N2O2/c1-14-6-7-17(11-15(14)2)22-10-8-18(21)20-9-4-5-16(13-20)12-19-3/h6-7,11,16,19H,4-5,8-10,12-13H2,1-3H3. The molecular weight excluding hydrogens is 276 g/mol. The second kappa shape index (κ2) is 8.18. The van der Waals surface area contributed by atoms with E-state index in [-0.39, 0.29) is 5.91 Å². The molecule has 1 atom stereocenters. The zero-order chi connectivity index (χ0) is 15.9. The van der Waals surface area contributed by atoms with Crippen molar-refractivity contribution in [1.82, 2.24) is 10.2 Å². The fraction of sp³-hybridized carbons (Fsp3) is 0.611. The van der Waals surface area contributed by atoms with E-state index in [2.05, 4.69) is 25.2 Å². The molecule has 1 N–H and O–H groups in total. The van der Waals surface area contributed by atoms with Gasteiger partial charge in [-0.15, -0.1) is 0 Å². The van der Waals surface area contributed by atoms with Crippen molar-refractivity contribution in [3.8, 4) is 5.75 Å². The van der Waals surface area contributed by atoms with Crippen LogP contribution in [0, 0.1) is 19.8 Å². The van der Waals surface area contributed by atoms with E-state index in [1.165, 1.54) is 17.5 Å². The molecule has 1 aromatic rings. The maximum Gasteiger partial charge on any atom is 0.226 e. The normalized spacial score (nSPS) is 18.3. The summed E-state index contributed by atoms with van der Waals surface area (Å²) in [4.78, 5) is 14.3. The Hall–Kier alpha value is -1.55. The van der Waals surface area contributed by atoms with E-state index in [0.29, 0.717) is 18.9 Å². The first-order chi connectivity index (χ1) is 10.6. The Morgan fingerprint density at radius 2 is 2.18 bits per heavy atom. The van der Waals surface area contributed by atoms with Crippen LogP contribution in [0.5, 0.6) is 5.75 Å². The SMILES string of the molecule is CNCC1CCCN(C(=O)CCOc2ccc(C)c(C)c2)C1. The lowest BCUT2D eigenvalue weighted by Crippen LogP contribution is -2.42. The third-order valence-electron chi connectivity index (χ3n) is 4.43. The Balaban J connectivity index is 1.76. The summed E-state index contributed by atoms with van der Waals surface area (Å²) in [5, 5.41) is 3.21. The van der Waals surface area contributed by atoms with Gasteiger partial charge in [0, 0.05) is 13.1 Å². The topological polar surface area (TPSA) is 41.6 Å². The predicted octanol–water partition coefficient (Wildman–Crippen LogP) is 2.53. The van der Waals surface area contributed by atoms with Crippen molar-refractivity contribution in [3.05, 3.63) is 29.3 Å². The van der Waals surface area contributed by atoms with Gasteiger partial charge in [0.1, 0.15) is 5.75 Å². The number of nitrogens with zero attached hydrogens (tertiary/aromatic N) is 1. The van der Waals surface area contributed by atoms with Gasteiger partial charge in [-0.05, 0) is 69.5 Å². The lowest BCUT2D eigenvalue weighted by Gasteiger charge is -2.32. The van der Waals surface area contributed by atoms with Crippen LogP contribution in [0.3, 0.4) is 0 Å². The summed E-state index contributed by atoms with van der Waals surface area (Å²) in [6, 6.07) is 6.06. The van der Waals surface area contributed by atoms with Crippen LogP contribution >= 0.6 is 0 Å². The fourth-order valence-corrected chi connectivity index (χ4v) is 2.96. The lowest BCUT2D eigenvalue weighted by molar-refractivity contribution is -0.133. The van der Waals surface area contributed by atoms with Gasteiger partial charge in [0.25, 0.3) is 0 Å². The smallest absolute Gasteiger partial charge is 0.226 e. The minimum atomic E-state index is 0.213. The molecule has 0 saturated carbocycles. The Bertz CT molecular complexity index is 500. The molecule has 22 heavy (non-hydrogen) atoms. The van der Waals surface area contributed by atoms with E-state index in [4.69, 9.17) is 4.74 Å². The summed E-state index contributed by atoms with van der Waals surface area (Å²) in [7, 11) is 1.97. The number of carbonyl (C=O) groups is 1. The highest BCUT2D eigenvalue weighted by atomic mass is 16.5. The molecule has 0 bridgehead atoms. The molecule has 1 unspecified atom stereocenters. The summed E-state index contributed by atoms with van der Waals surface area (Å²) in [5.74, 6) is 1.65.